The number of imidazole rings is 1. The number of ether oxygens (including phenoxy) is 1. The first-order valence-electron chi connectivity index (χ1n) is 12.0. The number of carbonyl (C=O) groups excluding carboxylic acids is 1. The molecule has 0 spiro atoms. The van der Waals surface area contributed by atoms with Crippen molar-refractivity contribution >= 4 is 16.9 Å². The third-order valence-electron chi connectivity index (χ3n) is 6.15. The maximum atomic E-state index is 12.4. The fourth-order valence-corrected chi connectivity index (χ4v) is 4.29. The lowest BCUT2D eigenvalue weighted by molar-refractivity contribution is -0.120. The molecule has 5 nitrogen and oxygen atoms in total. The number of nitrogens with zero attached hydrogens (tertiary/aromatic N) is 2. The third-order valence-corrected chi connectivity index (χ3v) is 6.15. The summed E-state index contributed by atoms with van der Waals surface area (Å²) < 4.78 is 8.33. The van der Waals surface area contributed by atoms with Crippen molar-refractivity contribution in [3.8, 4) is 5.75 Å². The van der Waals surface area contributed by atoms with Gasteiger partial charge in [0.05, 0.1) is 24.0 Å². The van der Waals surface area contributed by atoms with E-state index in [1.807, 2.05) is 55.5 Å². The lowest BCUT2D eigenvalue weighted by Crippen LogP contribution is -2.26. The fraction of sp³-hybridized carbons (Fsp3) is 0.310. The van der Waals surface area contributed by atoms with Crippen LogP contribution in [0.15, 0.2) is 66.7 Å². The summed E-state index contributed by atoms with van der Waals surface area (Å²) >= 11 is 0. The Morgan fingerprint density at radius 2 is 1.76 bits per heavy atom. The van der Waals surface area contributed by atoms with Crippen LogP contribution in [0.4, 0.5) is 0 Å². The number of para-hydroxylation sites is 2. The summed E-state index contributed by atoms with van der Waals surface area (Å²) in [6.07, 6.45) is 2.05. The summed E-state index contributed by atoms with van der Waals surface area (Å²) in [4.78, 5) is 17.2. The molecule has 5 heteroatoms. The van der Waals surface area contributed by atoms with E-state index in [1.54, 1.807) is 0 Å². The molecule has 1 amide bonds. The van der Waals surface area contributed by atoms with Gasteiger partial charge in [-0.2, -0.15) is 0 Å². The molecule has 1 heterocycles. The molecule has 0 saturated carbocycles. The lowest BCUT2D eigenvalue weighted by atomic mass is 10.1. The monoisotopic (exact) mass is 455 g/mol. The number of aromatic nitrogens is 2. The molecule has 0 atom stereocenters. The minimum absolute atomic E-state index is 0.0599. The zero-order valence-corrected chi connectivity index (χ0v) is 20.3. The van der Waals surface area contributed by atoms with Crippen LogP contribution >= 0.6 is 0 Å². The first-order chi connectivity index (χ1) is 16.5. The molecule has 0 aliphatic rings. The van der Waals surface area contributed by atoms with Crippen molar-refractivity contribution in [2.45, 2.75) is 46.6 Å². The molecule has 4 rings (SSSR count). The van der Waals surface area contributed by atoms with Gasteiger partial charge in [0.15, 0.2) is 0 Å². The van der Waals surface area contributed by atoms with Crippen LogP contribution in [-0.4, -0.2) is 28.6 Å². The first kappa shape index (κ1) is 23.6. The Balaban J connectivity index is 1.34. The summed E-state index contributed by atoms with van der Waals surface area (Å²) in [5, 5.41) is 3.06. The molecule has 0 bridgehead atoms. The molecular weight excluding hydrogens is 422 g/mol. The SMILES string of the molecule is Cc1ccc(OCCn2c(CCCNC(=O)Cc3ccccc3C)nc3ccccc32)c(C)c1. The molecule has 0 aliphatic heterocycles. The minimum Gasteiger partial charge on any atom is -0.491 e. The predicted octanol–water partition coefficient (Wildman–Crippen LogP) is 5.33. The zero-order chi connectivity index (χ0) is 23.9. The van der Waals surface area contributed by atoms with Gasteiger partial charge in [0.2, 0.25) is 5.91 Å². The van der Waals surface area contributed by atoms with Crippen LogP contribution in [0, 0.1) is 20.8 Å². The van der Waals surface area contributed by atoms with Crippen molar-refractivity contribution in [1.82, 2.24) is 14.9 Å². The molecule has 1 aromatic heterocycles. The highest BCUT2D eigenvalue weighted by Gasteiger charge is 2.11. The van der Waals surface area contributed by atoms with E-state index in [2.05, 4.69) is 41.9 Å². The summed E-state index contributed by atoms with van der Waals surface area (Å²) in [6, 6.07) is 22.5. The van der Waals surface area contributed by atoms with Crippen LogP contribution in [-0.2, 0) is 24.2 Å². The Kier molecular flexibility index (Phi) is 7.63. The van der Waals surface area contributed by atoms with Gasteiger partial charge in [-0.15, -0.1) is 0 Å². The van der Waals surface area contributed by atoms with Crippen molar-refractivity contribution in [3.05, 3.63) is 94.8 Å². The largest absolute Gasteiger partial charge is 0.491 e. The van der Waals surface area contributed by atoms with Gasteiger partial charge in [0.1, 0.15) is 18.2 Å². The molecule has 34 heavy (non-hydrogen) atoms. The van der Waals surface area contributed by atoms with Crippen LogP contribution in [0.5, 0.6) is 5.75 Å². The van der Waals surface area contributed by atoms with Crippen LogP contribution in [0.25, 0.3) is 11.0 Å². The number of carbonyl (C=O) groups is 1. The Morgan fingerprint density at radius 1 is 0.971 bits per heavy atom. The zero-order valence-electron chi connectivity index (χ0n) is 20.3. The molecule has 0 saturated heterocycles. The topological polar surface area (TPSA) is 56.1 Å². The quantitative estimate of drug-likeness (QED) is 0.329. The average molecular weight is 456 g/mol. The molecule has 0 radical (unpaired) electrons. The molecular formula is C29H33N3O2. The maximum absolute atomic E-state index is 12.4. The number of fused-ring (bicyclic) bond motifs is 1. The van der Waals surface area contributed by atoms with Gasteiger partial charge in [-0.05, 0) is 62.1 Å². The predicted molar refractivity (Wildman–Crippen MR) is 137 cm³/mol. The van der Waals surface area contributed by atoms with Gasteiger partial charge >= 0.3 is 0 Å². The van der Waals surface area contributed by atoms with E-state index in [4.69, 9.17) is 9.72 Å². The molecule has 0 aliphatic carbocycles. The van der Waals surface area contributed by atoms with E-state index in [-0.39, 0.29) is 5.91 Å². The molecule has 4 aromatic rings. The maximum Gasteiger partial charge on any atom is 0.224 e. The van der Waals surface area contributed by atoms with Crippen molar-refractivity contribution in [3.63, 3.8) is 0 Å². The van der Waals surface area contributed by atoms with E-state index < -0.39 is 0 Å². The van der Waals surface area contributed by atoms with Gasteiger partial charge < -0.3 is 14.6 Å². The summed E-state index contributed by atoms with van der Waals surface area (Å²) in [7, 11) is 0. The minimum atomic E-state index is 0.0599. The number of rotatable bonds is 10. The summed E-state index contributed by atoms with van der Waals surface area (Å²) in [6.45, 7) is 8.14. The molecule has 176 valence electrons. The van der Waals surface area contributed by atoms with E-state index in [1.165, 1.54) is 5.56 Å². The van der Waals surface area contributed by atoms with Crippen LogP contribution in [0.1, 0.15) is 34.5 Å². The Morgan fingerprint density at radius 3 is 2.59 bits per heavy atom. The summed E-state index contributed by atoms with van der Waals surface area (Å²) in [5.41, 5.74) is 6.72. The van der Waals surface area contributed by atoms with Gasteiger partial charge in [-0.3, -0.25) is 4.79 Å². The number of nitrogens with one attached hydrogen (secondary N) is 1. The van der Waals surface area contributed by atoms with E-state index in [0.29, 0.717) is 19.6 Å². The van der Waals surface area contributed by atoms with Crippen LogP contribution in [0.2, 0.25) is 0 Å². The highest BCUT2D eigenvalue weighted by Crippen LogP contribution is 2.20. The number of amides is 1. The summed E-state index contributed by atoms with van der Waals surface area (Å²) in [5.74, 6) is 2.01. The Bertz CT molecular complexity index is 1280. The molecule has 0 fully saturated rings. The molecule has 0 unspecified atom stereocenters. The number of benzene rings is 3. The van der Waals surface area contributed by atoms with E-state index in [0.717, 1.165) is 58.7 Å². The average Bonchev–Trinajstić information content (AvgIpc) is 3.17. The van der Waals surface area contributed by atoms with Crippen molar-refractivity contribution in [2.75, 3.05) is 13.2 Å². The van der Waals surface area contributed by atoms with Crippen LogP contribution in [0.3, 0.4) is 0 Å². The fourth-order valence-electron chi connectivity index (χ4n) is 4.29. The second-order valence-corrected chi connectivity index (χ2v) is 8.84. The Hall–Kier alpha value is -3.60. The number of hydrogen-bond donors (Lipinski definition) is 1. The highest BCUT2D eigenvalue weighted by molar-refractivity contribution is 5.79. The number of aryl methyl sites for hydroxylation is 4. The molecule has 1 N–H and O–H groups in total. The third kappa shape index (κ3) is 5.84. The van der Waals surface area contributed by atoms with Crippen molar-refractivity contribution in [2.24, 2.45) is 0 Å². The van der Waals surface area contributed by atoms with Gasteiger partial charge in [0.25, 0.3) is 0 Å². The van der Waals surface area contributed by atoms with E-state index >= 15 is 0 Å². The Labute approximate surface area is 201 Å². The van der Waals surface area contributed by atoms with Crippen molar-refractivity contribution in [1.29, 1.82) is 0 Å². The highest BCUT2D eigenvalue weighted by atomic mass is 16.5. The standard InChI is InChI=1S/C29H33N3O2/c1-21-14-15-27(23(3)19-21)34-18-17-32-26-12-7-6-11-25(26)31-28(32)13-8-16-30-29(33)20-24-10-5-4-9-22(24)2/h4-7,9-12,14-15,19H,8,13,16-18,20H2,1-3H3,(H,30,33). The first-order valence-corrected chi connectivity index (χ1v) is 12.0. The normalized spacial score (nSPS) is 11.0. The smallest absolute Gasteiger partial charge is 0.224 e. The van der Waals surface area contributed by atoms with Crippen LogP contribution < -0.4 is 10.1 Å². The van der Waals surface area contributed by atoms with Gasteiger partial charge in [-0.25, -0.2) is 4.98 Å². The van der Waals surface area contributed by atoms with Gasteiger partial charge in [-0.1, -0.05) is 54.1 Å². The lowest BCUT2D eigenvalue weighted by Gasteiger charge is -2.13. The second kappa shape index (κ2) is 11.0. The number of hydrogen-bond acceptors (Lipinski definition) is 3. The van der Waals surface area contributed by atoms with E-state index in [9.17, 15) is 4.79 Å². The second-order valence-electron chi connectivity index (χ2n) is 8.84. The van der Waals surface area contributed by atoms with Gasteiger partial charge in [0, 0.05) is 13.0 Å². The molecule has 3 aromatic carbocycles. The van der Waals surface area contributed by atoms with Crippen molar-refractivity contribution < 1.29 is 9.53 Å².